The highest BCUT2D eigenvalue weighted by Gasteiger charge is 2.27. The first-order chi connectivity index (χ1) is 13.6. The summed E-state index contributed by atoms with van der Waals surface area (Å²) in [5.41, 5.74) is 1.10. The molecule has 0 saturated carbocycles. The van der Waals surface area contributed by atoms with E-state index in [2.05, 4.69) is 38.5 Å². The van der Waals surface area contributed by atoms with Gasteiger partial charge in [-0.05, 0) is 42.0 Å². The molecule has 0 N–H and O–H groups in total. The van der Waals surface area contributed by atoms with Crippen LogP contribution in [0.1, 0.15) is 31.6 Å². The van der Waals surface area contributed by atoms with Crippen LogP contribution in [-0.2, 0) is 12.3 Å². The zero-order chi connectivity index (χ0) is 19.5. The SMILES string of the molecule is CC1CC(C)CN(c2nnc(SCc3ccc(Cl)nc3)n2Cc2ccco2)C1. The number of thioether (sulfide) groups is 1. The van der Waals surface area contributed by atoms with Crippen molar-refractivity contribution >= 4 is 29.3 Å². The van der Waals surface area contributed by atoms with Gasteiger partial charge in [-0.25, -0.2) is 4.98 Å². The number of anilines is 1. The number of furan rings is 1. The Morgan fingerprint density at radius 1 is 1.18 bits per heavy atom. The van der Waals surface area contributed by atoms with E-state index in [4.69, 9.17) is 16.0 Å². The van der Waals surface area contributed by atoms with Gasteiger partial charge < -0.3 is 9.32 Å². The molecule has 1 aliphatic rings. The second-order valence-corrected chi connectivity index (χ2v) is 8.91. The first kappa shape index (κ1) is 19.3. The largest absolute Gasteiger partial charge is 0.467 e. The van der Waals surface area contributed by atoms with Gasteiger partial charge in [-0.2, -0.15) is 0 Å². The van der Waals surface area contributed by atoms with Gasteiger partial charge in [0, 0.05) is 25.0 Å². The van der Waals surface area contributed by atoms with Crippen molar-refractivity contribution < 1.29 is 4.42 Å². The van der Waals surface area contributed by atoms with Gasteiger partial charge in [0.2, 0.25) is 5.95 Å². The maximum Gasteiger partial charge on any atom is 0.228 e. The van der Waals surface area contributed by atoms with E-state index in [1.165, 1.54) is 6.42 Å². The number of hydrogen-bond acceptors (Lipinski definition) is 6. The van der Waals surface area contributed by atoms with Crippen LogP contribution >= 0.6 is 23.4 Å². The van der Waals surface area contributed by atoms with Crippen LogP contribution in [0.4, 0.5) is 5.95 Å². The Morgan fingerprint density at radius 3 is 2.68 bits per heavy atom. The summed E-state index contributed by atoms with van der Waals surface area (Å²) in [5.74, 6) is 3.87. The smallest absolute Gasteiger partial charge is 0.228 e. The van der Waals surface area contributed by atoms with E-state index >= 15 is 0 Å². The Morgan fingerprint density at radius 2 is 2.00 bits per heavy atom. The number of hydrogen-bond donors (Lipinski definition) is 0. The van der Waals surface area contributed by atoms with Gasteiger partial charge >= 0.3 is 0 Å². The lowest BCUT2D eigenvalue weighted by molar-refractivity contribution is 0.350. The molecule has 2 atom stereocenters. The van der Waals surface area contributed by atoms with Crippen LogP contribution in [0.3, 0.4) is 0 Å². The van der Waals surface area contributed by atoms with E-state index < -0.39 is 0 Å². The normalized spacial score (nSPS) is 19.9. The van der Waals surface area contributed by atoms with Crippen molar-refractivity contribution in [3.63, 3.8) is 0 Å². The average Bonchev–Trinajstić information content (AvgIpc) is 3.31. The molecule has 6 nitrogen and oxygen atoms in total. The van der Waals surface area contributed by atoms with E-state index in [0.29, 0.717) is 23.5 Å². The predicted octanol–water partition coefficient (Wildman–Crippen LogP) is 4.74. The first-order valence-corrected chi connectivity index (χ1v) is 10.9. The summed E-state index contributed by atoms with van der Waals surface area (Å²) >= 11 is 7.54. The van der Waals surface area contributed by atoms with E-state index in [-0.39, 0.29) is 0 Å². The van der Waals surface area contributed by atoms with Crippen LogP contribution in [0.15, 0.2) is 46.3 Å². The van der Waals surface area contributed by atoms with E-state index in [1.54, 1.807) is 24.2 Å². The minimum atomic E-state index is 0.505. The van der Waals surface area contributed by atoms with Crippen LogP contribution in [0.2, 0.25) is 5.15 Å². The van der Waals surface area contributed by atoms with Crippen molar-refractivity contribution in [3.8, 4) is 0 Å². The summed E-state index contributed by atoms with van der Waals surface area (Å²) < 4.78 is 7.76. The van der Waals surface area contributed by atoms with Crippen LogP contribution in [0, 0.1) is 11.8 Å². The summed E-state index contributed by atoms with van der Waals surface area (Å²) in [7, 11) is 0. The zero-order valence-electron chi connectivity index (χ0n) is 16.1. The Kier molecular flexibility index (Phi) is 5.92. The molecule has 1 fully saturated rings. The molecule has 1 saturated heterocycles. The number of rotatable bonds is 6. The summed E-state index contributed by atoms with van der Waals surface area (Å²) in [6, 6.07) is 7.71. The maximum atomic E-state index is 5.89. The quantitative estimate of drug-likeness (QED) is 0.426. The summed E-state index contributed by atoms with van der Waals surface area (Å²) in [6.45, 7) is 7.24. The van der Waals surface area contributed by atoms with E-state index in [9.17, 15) is 0 Å². The summed E-state index contributed by atoms with van der Waals surface area (Å²) in [4.78, 5) is 6.52. The second-order valence-electron chi connectivity index (χ2n) is 7.58. The van der Waals surface area contributed by atoms with Gasteiger partial charge in [0.05, 0.1) is 12.8 Å². The fraction of sp³-hybridized carbons (Fsp3) is 0.450. The van der Waals surface area contributed by atoms with Crippen LogP contribution in [0.5, 0.6) is 0 Å². The number of piperidine rings is 1. The van der Waals surface area contributed by atoms with Crippen molar-refractivity contribution in [3.05, 3.63) is 53.2 Å². The first-order valence-electron chi connectivity index (χ1n) is 9.52. The van der Waals surface area contributed by atoms with E-state index in [0.717, 1.165) is 41.3 Å². The summed E-state index contributed by atoms with van der Waals surface area (Å²) in [5, 5.41) is 10.4. The molecule has 0 radical (unpaired) electrons. The van der Waals surface area contributed by atoms with Gasteiger partial charge in [-0.1, -0.05) is 43.3 Å². The van der Waals surface area contributed by atoms with Crippen molar-refractivity contribution in [2.45, 2.75) is 37.7 Å². The average molecular weight is 418 g/mol. The molecule has 8 heteroatoms. The third kappa shape index (κ3) is 4.52. The predicted molar refractivity (Wildman–Crippen MR) is 112 cm³/mol. The summed E-state index contributed by atoms with van der Waals surface area (Å²) in [6.07, 6.45) is 4.77. The minimum Gasteiger partial charge on any atom is -0.467 e. The molecular formula is C20H24ClN5OS. The molecule has 0 amide bonds. The van der Waals surface area contributed by atoms with Crippen molar-refractivity contribution in [1.29, 1.82) is 0 Å². The van der Waals surface area contributed by atoms with Gasteiger partial charge in [0.15, 0.2) is 5.16 Å². The Bertz CT molecular complexity index is 886. The molecule has 3 aromatic heterocycles. The Balaban J connectivity index is 1.58. The van der Waals surface area contributed by atoms with Crippen molar-refractivity contribution in [2.75, 3.05) is 18.0 Å². The zero-order valence-corrected chi connectivity index (χ0v) is 17.7. The van der Waals surface area contributed by atoms with Crippen LogP contribution < -0.4 is 4.90 Å². The molecule has 0 aliphatic carbocycles. The minimum absolute atomic E-state index is 0.505. The number of halogens is 1. The van der Waals surface area contributed by atoms with Crippen LogP contribution in [0.25, 0.3) is 0 Å². The lowest BCUT2D eigenvalue weighted by atomic mass is 9.92. The van der Waals surface area contributed by atoms with Gasteiger partial charge in [0.1, 0.15) is 10.9 Å². The molecule has 148 valence electrons. The lowest BCUT2D eigenvalue weighted by Gasteiger charge is -2.35. The molecule has 4 heterocycles. The van der Waals surface area contributed by atoms with E-state index in [1.807, 2.05) is 24.3 Å². The lowest BCUT2D eigenvalue weighted by Crippen LogP contribution is -2.40. The Hall–Kier alpha value is -1.99. The third-order valence-electron chi connectivity index (χ3n) is 4.90. The molecular weight excluding hydrogens is 394 g/mol. The monoisotopic (exact) mass is 417 g/mol. The fourth-order valence-electron chi connectivity index (χ4n) is 3.78. The maximum absolute atomic E-state index is 5.89. The van der Waals surface area contributed by atoms with Gasteiger partial charge in [-0.3, -0.25) is 4.57 Å². The topological polar surface area (TPSA) is 60.0 Å². The Labute approximate surface area is 174 Å². The molecule has 3 aromatic rings. The van der Waals surface area contributed by atoms with Crippen molar-refractivity contribution in [1.82, 2.24) is 19.7 Å². The molecule has 2 unspecified atom stereocenters. The highest BCUT2D eigenvalue weighted by molar-refractivity contribution is 7.98. The third-order valence-corrected chi connectivity index (χ3v) is 6.16. The van der Waals surface area contributed by atoms with Gasteiger partial charge in [0.25, 0.3) is 0 Å². The highest BCUT2D eigenvalue weighted by atomic mass is 35.5. The number of nitrogens with zero attached hydrogens (tertiary/aromatic N) is 5. The number of pyridine rings is 1. The molecule has 0 bridgehead atoms. The molecule has 4 rings (SSSR count). The second kappa shape index (κ2) is 8.57. The molecule has 0 aromatic carbocycles. The molecule has 28 heavy (non-hydrogen) atoms. The number of aromatic nitrogens is 4. The van der Waals surface area contributed by atoms with Crippen LogP contribution in [-0.4, -0.2) is 32.8 Å². The van der Waals surface area contributed by atoms with Gasteiger partial charge in [-0.15, -0.1) is 10.2 Å². The fourth-order valence-corrected chi connectivity index (χ4v) is 4.76. The highest BCUT2D eigenvalue weighted by Crippen LogP contribution is 2.30. The van der Waals surface area contributed by atoms with Crippen molar-refractivity contribution in [2.24, 2.45) is 11.8 Å². The molecule has 0 spiro atoms. The molecule has 1 aliphatic heterocycles. The standard InChI is InChI=1S/C20H24ClN5OS/c1-14-8-15(2)11-25(10-14)19-23-24-20(26(19)12-17-4-3-7-27-17)28-13-16-5-6-18(21)22-9-16/h3-7,9,14-15H,8,10-13H2,1-2H3.